The molecule has 0 saturated heterocycles. The van der Waals surface area contributed by atoms with Crippen LogP contribution in [0.25, 0.3) is 0 Å². The lowest BCUT2D eigenvalue weighted by Gasteiger charge is -2.12. The molecule has 0 unspecified atom stereocenters. The highest BCUT2D eigenvalue weighted by Crippen LogP contribution is 2.14. The number of aliphatic carboxylic acids is 1. The third-order valence-electron chi connectivity index (χ3n) is 2.38. The highest BCUT2D eigenvalue weighted by molar-refractivity contribution is 9.10. The molecule has 1 amide bonds. The summed E-state index contributed by atoms with van der Waals surface area (Å²) in [5.74, 6) is -1.67. The van der Waals surface area contributed by atoms with E-state index in [0.717, 1.165) is 0 Å². The van der Waals surface area contributed by atoms with Crippen molar-refractivity contribution >= 4 is 27.8 Å². The summed E-state index contributed by atoms with van der Waals surface area (Å²) in [6.07, 6.45) is 3.06. The van der Waals surface area contributed by atoms with Crippen LogP contribution in [-0.4, -0.2) is 33.0 Å². The van der Waals surface area contributed by atoms with Crippen LogP contribution >= 0.6 is 15.9 Å². The number of hydrogen-bond donors (Lipinski definition) is 3. The summed E-state index contributed by atoms with van der Waals surface area (Å²) in [5, 5.41) is 11.5. The fourth-order valence-electron chi connectivity index (χ4n) is 1.48. The molecule has 0 aliphatic rings. The largest absolute Gasteiger partial charge is 0.480 e. The monoisotopic (exact) mass is 327 g/mol. The van der Waals surface area contributed by atoms with Crippen molar-refractivity contribution in [3.8, 4) is 0 Å². The number of amides is 1. The number of carboxylic acids is 1. The Kier molecular flexibility index (Phi) is 4.00. The number of halogens is 1. The lowest BCUT2D eigenvalue weighted by atomic mass is 10.1. The van der Waals surface area contributed by atoms with Gasteiger partial charge < -0.3 is 19.8 Å². The summed E-state index contributed by atoms with van der Waals surface area (Å²) in [4.78, 5) is 29.5. The third kappa shape index (κ3) is 3.44. The van der Waals surface area contributed by atoms with Gasteiger partial charge in [-0.05, 0) is 28.1 Å². The van der Waals surface area contributed by atoms with Gasteiger partial charge in [0.05, 0.1) is 6.33 Å². The molecule has 0 aromatic carbocycles. The molecule has 8 heteroatoms. The van der Waals surface area contributed by atoms with Gasteiger partial charge in [0.2, 0.25) is 0 Å². The van der Waals surface area contributed by atoms with Crippen LogP contribution in [0.15, 0.2) is 33.7 Å². The molecule has 0 radical (unpaired) electrons. The van der Waals surface area contributed by atoms with Gasteiger partial charge in [0.25, 0.3) is 5.91 Å². The lowest BCUT2D eigenvalue weighted by Crippen LogP contribution is -2.42. The van der Waals surface area contributed by atoms with E-state index in [-0.39, 0.29) is 12.2 Å². The van der Waals surface area contributed by atoms with Crippen LogP contribution in [0, 0.1) is 0 Å². The molecule has 0 bridgehead atoms. The molecule has 2 aromatic heterocycles. The number of aromatic amines is 1. The summed E-state index contributed by atoms with van der Waals surface area (Å²) in [6.45, 7) is 0. The minimum atomic E-state index is -1.13. The number of imidazole rings is 1. The number of carbonyl (C=O) groups is 2. The van der Waals surface area contributed by atoms with Gasteiger partial charge in [-0.3, -0.25) is 4.79 Å². The van der Waals surface area contributed by atoms with E-state index in [4.69, 9.17) is 9.52 Å². The fourth-order valence-corrected chi connectivity index (χ4v) is 1.79. The number of carboxylic acid groups (broad SMARTS) is 1. The first-order chi connectivity index (χ1) is 9.06. The van der Waals surface area contributed by atoms with Gasteiger partial charge in [-0.15, -0.1) is 0 Å². The van der Waals surface area contributed by atoms with Gasteiger partial charge in [-0.1, -0.05) is 0 Å². The Balaban J connectivity index is 2.04. The molecule has 0 aliphatic carbocycles. The highest BCUT2D eigenvalue weighted by Gasteiger charge is 2.23. The highest BCUT2D eigenvalue weighted by atomic mass is 79.9. The molecule has 7 nitrogen and oxygen atoms in total. The summed E-state index contributed by atoms with van der Waals surface area (Å²) in [5.41, 5.74) is 0.619. The van der Waals surface area contributed by atoms with Crippen molar-refractivity contribution in [3.63, 3.8) is 0 Å². The molecule has 0 saturated carbocycles. The Bertz CT molecular complexity index is 579. The Morgan fingerprint density at radius 2 is 2.32 bits per heavy atom. The molecule has 100 valence electrons. The molecule has 19 heavy (non-hydrogen) atoms. The number of hydrogen-bond acceptors (Lipinski definition) is 4. The zero-order chi connectivity index (χ0) is 13.8. The van der Waals surface area contributed by atoms with Crippen molar-refractivity contribution < 1.29 is 19.1 Å². The van der Waals surface area contributed by atoms with Gasteiger partial charge in [0, 0.05) is 18.3 Å². The Morgan fingerprint density at radius 1 is 1.53 bits per heavy atom. The second-order valence-electron chi connectivity index (χ2n) is 3.75. The number of H-pyrrole nitrogens is 1. The van der Waals surface area contributed by atoms with Crippen LogP contribution in [0.2, 0.25) is 0 Å². The van der Waals surface area contributed by atoms with Crippen LogP contribution < -0.4 is 5.32 Å². The normalized spacial score (nSPS) is 12.1. The van der Waals surface area contributed by atoms with E-state index in [9.17, 15) is 9.59 Å². The molecule has 3 N–H and O–H groups in total. The molecule has 2 rings (SSSR count). The van der Waals surface area contributed by atoms with Crippen LogP contribution in [0.1, 0.15) is 16.2 Å². The maximum atomic E-state index is 11.8. The maximum absolute atomic E-state index is 11.8. The van der Waals surface area contributed by atoms with Crippen molar-refractivity contribution in [2.24, 2.45) is 0 Å². The predicted molar refractivity (Wildman–Crippen MR) is 67.6 cm³/mol. The van der Waals surface area contributed by atoms with E-state index < -0.39 is 17.9 Å². The average molecular weight is 328 g/mol. The number of rotatable bonds is 5. The SMILES string of the molecule is O=C(N[C@H](Cc1cnc[nH]1)C(=O)O)c1ccc(Br)o1. The van der Waals surface area contributed by atoms with E-state index in [2.05, 4.69) is 31.2 Å². The molecule has 1 atom stereocenters. The summed E-state index contributed by atoms with van der Waals surface area (Å²) >= 11 is 3.07. The molecule has 0 fully saturated rings. The van der Waals surface area contributed by atoms with Gasteiger partial charge in [0.15, 0.2) is 10.4 Å². The van der Waals surface area contributed by atoms with Crippen molar-refractivity contribution in [3.05, 3.63) is 40.8 Å². The van der Waals surface area contributed by atoms with Crippen molar-refractivity contribution in [2.75, 3.05) is 0 Å². The zero-order valence-corrected chi connectivity index (χ0v) is 11.2. The minimum absolute atomic E-state index is 0.0442. The first kappa shape index (κ1) is 13.3. The van der Waals surface area contributed by atoms with Crippen molar-refractivity contribution in [2.45, 2.75) is 12.5 Å². The molecular formula is C11H10BrN3O4. The topological polar surface area (TPSA) is 108 Å². The van der Waals surface area contributed by atoms with E-state index in [1.54, 1.807) is 6.07 Å². The maximum Gasteiger partial charge on any atom is 0.326 e. The van der Waals surface area contributed by atoms with Gasteiger partial charge in [-0.2, -0.15) is 0 Å². The first-order valence-electron chi connectivity index (χ1n) is 5.32. The average Bonchev–Trinajstić information content (AvgIpc) is 2.99. The van der Waals surface area contributed by atoms with E-state index >= 15 is 0 Å². The van der Waals surface area contributed by atoms with Gasteiger partial charge >= 0.3 is 5.97 Å². The molecule has 0 spiro atoms. The second kappa shape index (κ2) is 5.70. The van der Waals surface area contributed by atoms with Crippen LogP contribution in [0.5, 0.6) is 0 Å². The third-order valence-corrected chi connectivity index (χ3v) is 2.81. The van der Waals surface area contributed by atoms with Crippen LogP contribution in [0.3, 0.4) is 0 Å². The Labute approximate surface area is 116 Å². The van der Waals surface area contributed by atoms with Gasteiger partial charge in [-0.25, -0.2) is 9.78 Å². The molecule has 2 aromatic rings. The van der Waals surface area contributed by atoms with Gasteiger partial charge in [0.1, 0.15) is 6.04 Å². The lowest BCUT2D eigenvalue weighted by molar-refractivity contribution is -0.139. The number of carbonyl (C=O) groups excluding carboxylic acids is 1. The predicted octanol–water partition coefficient (Wildman–Crippen LogP) is 1.19. The summed E-state index contributed by atoms with van der Waals surface area (Å²) in [6, 6.07) is 1.95. The molecular weight excluding hydrogens is 318 g/mol. The quantitative estimate of drug-likeness (QED) is 0.764. The van der Waals surface area contributed by atoms with Crippen molar-refractivity contribution in [1.82, 2.24) is 15.3 Å². The number of nitrogens with zero attached hydrogens (tertiary/aromatic N) is 1. The second-order valence-corrected chi connectivity index (χ2v) is 4.53. The van der Waals surface area contributed by atoms with E-state index in [1.807, 2.05) is 0 Å². The van der Waals surface area contributed by atoms with E-state index in [1.165, 1.54) is 18.6 Å². The minimum Gasteiger partial charge on any atom is -0.480 e. The number of furan rings is 1. The molecule has 0 aliphatic heterocycles. The summed E-state index contributed by atoms with van der Waals surface area (Å²) < 4.78 is 5.45. The van der Waals surface area contributed by atoms with E-state index in [0.29, 0.717) is 10.4 Å². The first-order valence-corrected chi connectivity index (χ1v) is 6.12. The van der Waals surface area contributed by atoms with Crippen LogP contribution in [-0.2, 0) is 11.2 Å². The van der Waals surface area contributed by atoms with Crippen molar-refractivity contribution in [1.29, 1.82) is 0 Å². The number of aromatic nitrogens is 2. The Morgan fingerprint density at radius 3 is 2.84 bits per heavy atom. The zero-order valence-electron chi connectivity index (χ0n) is 9.59. The standard InChI is InChI=1S/C11H10BrN3O4/c12-9-2-1-8(19-9)10(16)15-7(11(17)18)3-6-4-13-5-14-6/h1-2,4-5,7H,3H2,(H,13,14)(H,15,16)(H,17,18)/t7-/m1/s1. The molecule has 2 heterocycles. The van der Waals surface area contributed by atoms with Crippen LogP contribution in [0.4, 0.5) is 0 Å². The Hall–Kier alpha value is -2.09. The number of nitrogens with one attached hydrogen (secondary N) is 2. The smallest absolute Gasteiger partial charge is 0.326 e. The summed E-state index contributed by atoms with van der Waals surface area (Å²) in [7, 11) is 0. The fraction of sp³-hybridized carbons (Fsp3) is 0.182.